The first-order chi connectivity index (χ1) is 9.86. The minimum atomic E-state index is -3.78. The number of anilines is 1. The summed E-state index contributed by atoms with van der Waals surface area (Å²) in [5.74, 6) is 0.593. The Morgan fingerprint density at radius 2 is 1.95 bits per heavy atom. The van der Waals surface area contributed by atoms with E-state index in [4.69, 9.17) is 16.3 Å². The van der Waals surface area contributed by atoms with Crippen LogP contribution in [0.15, 0.2) is 41.3 Å². The van der Waals surface area contributed by atoms with Crippen molar-refractivity contribution in [3.8, 4) is 5.88 Å². The molecule has 0 aliphatic rings. The molecule has 0 amide bonds. The molecule has 0 saturated heterocycles. The van der Waals surface area contributed by atoms with Gasteiger partial charge in [0.25, 0.3) is 10.0 Å². The van der Waals surface area contributed by atoms with Crippen molar-refractivity contribution in [2.75, 3.05) is 18.5 Å². The molecule has 0 saturated carbocycles. The molecule has 0 N–H and O–H groups in total. The molecule has 2 aromatic rings. The second-order valence-corrected chi connectivity index (χ2v) is 6.79. The quantitative estimate of drug-likeness (QED) is 0.866. The number of nitrogens with zero attached hydrogens (tertiary/aromatic N) is 2. The van der Waals surface area contributed by atoms with Gasteiger partial charge >= 0.3 is 0 Å². The minimum Gasteiger partial charge on any atom is -0.481 e. The van der Waals surface area contributed by atoms with Crippen LogP contribution in [-0.4, -0.2) is 27.6 Å². The lowest BCUT2D eigenvalue weighted by Gasteiger charge is -2.19. The number of aryl methyl sites for hydroxylation is 1. The van der Waals surface area contributed by atoms with Crippen molar-refractivity contribution in [3.63, 3.8) is 0 Å². The second-order valence-electron chi connectivity index (χ2n) is 4.44. The van der Waals surface area contributed by atoms with Crippen LogP contribution >= 0.6 is 11.6 Å². The maximum atomic E-state index is 12.6. The third kappa shape index (κ3) is 3.11. The first-order valence-corrected chi connectivity index (χ1v) is 7.94. The summed E-state index contributed by atoms with van der Waals surface area (Å²) in [4.78, 5) is 4.16. The van der Waals surface area contributed by atoms with Gasteiger partial charge in [-0.2, -0.15) is 4.98 Å². The Morgan fingerprint density at radius 3 is 2.57 bits per heavy atom. The van der Waals surface area contributed by atoms with Crippen molar-refractivity contribution in [3.05, 3.63) is 47.0 Å². The van der Waals surface area contributed by atoms with Gasteiger partial charge in [0.1, 0.15) is 10.7 Å². The largest absolute Gasteiger partial charge is 0.481 e. The highest BCUT2D eigenvalue weighted by Gasteiger charge is 2.25. The van der Waals surface area contributed by atoms with Crippen LogP contribution in [0.25, 0.3) is 0 Å². The van der Waals surface area contributed by atoms with Gasteiger partial charge in [0.05, 0.1) is 12.1 Å². The van der Waals surface area contributed by atoms with Crippen molar-refractivity contribution in [1.29, 1.82) is 0 Å². The average Bonchev–Trinajstić information content (AvgIpc) is 2.46. The molecular formula is C14H15ClN2O3S. The number of aromatic nitrogens is 1. The summed E-state index contributed by atoms with van der Waals surface area (Å²) in [6, 6.07) is 9.70. The molecule has 1 aromatic carbocycles. The van der Waals surface area contributed by atoms with Crippen LogP contribution in [0.1, 0.15) is 5.56 Å². The summed E-state index contributed by atoms with van der Waals surface area (Å²) in [5, 5.41) is 0.185. The maximum absolute atomic E-state index is 12.6. The highest BCUT2D eigenvalue weighted by Crippen LogP contribution is 2.27. The first kappa shape index (κ1) is 15.6. The molecule has 0 bridgehead atoms. The standard InChI is InChI=1S/C14H15ClN2O3S/c1-10-7-8-12(11(15)9-10)21(18,19)17(2)13-5-4-6-14(16-13)20-3/h4-9H,1-3H3. The van der Waals surface area contributed by atoms with E-state index in [9.17, 15) is 8.42 Å². The van der Waals surface area contributed by atoms with E-state index < -0.39 is 10.0 Å². The number of hydrogen-bond acceptors (Lipinski definition) is 4. The van der Waals surface area contributed by atoms with Gasteiger partial charge in [0.15, 0.2) is 0 Å². The summed E-state index contributed by atoms with van der Waals surface area (Å²) >= 11 is 6.05. The molecule has 0 aliphatic carbocycles. The Labute approximate surface area is 129 Å². The van der Waals surface area contributed by atoms with Crippen molar-refractivity contribution < 1.29 is 13.2 Å². The Morgan fingerprint density at radius 1 is 1.24 bits per heavy atom. The molecule has 0 aliphatic heterocycles. The minimum absolute atomic E-state index is 0.0434. The molecule has 0 radical (unpaired) electrons. The summed E-state index contributed by atoms with van der Waals surface area (Å²) in [6.45, 7) is 1.84. The van der Waals surface area contributed by atoms with Crippen LogP contribution in [0, 0.1) is 6.92 Å². The third-order valence-electron chi connectivity index (χ3n) is 2.97. The zero-order valence-electron chi connectivity index (χ0n) is 11.9. The van der Waals surface area contributed by atoms with Crippen LogP contribution < -0.4 is 9.04 Å². The van der Waals surface area contributed by atoms with Gasteiger partial charge in [-0.05, 0) is 30.7 Å². The highest BCUT2D eigenvalue weighted by atomic mass is 35.5. The van der Waals surface area contributed by atoms with E-state index >= 15 is 0 Å². The zero-order chi connectivity index (χ0) is 15.6. The van der Waals surface area contributed by atoms with Crippen molar-refractivity contribution in [1.82, 2.24) is 4.98 Å². The molecule has 5 nitrogen and oxygen atoms in total. The van der Waals surface area contributed by atoms with Gasteiger partial charge in [-0.25, -0.2) is 8.42 Å². The number of methoxy groups -OCH3 is 1. The summed E-state index contributed by atoms with van der Waals surface area (Å²) in [6.07, 6.45) is 0. The number of pyridine rings is 1. The third-order valence-corrected chi connectivity index (χ3v) is 5.21. The Balaban J connectivity index is 2.47. The monoisotopic (exact) mass is 326 g/mol. The lowest BCUT2D eigenvalue weighted by atomic mass is 10.2. The fraction of sp³-hybridized carbons (Fsp3) is 0.214. The average molecular weight is 327 g/mol. The molecule has 112 valence electrons. The second kappa shape index (κ2) is 5.91. The first-order valence-electron chi connectivity index (χ1n) is 6.12. The number of benzene rings is 1. The number of rotatable bonds is 4. The van der Waals surface area contributed by atoms with Gasteiger partial charge in [-0.3, -0.25) is 4.31 Å². The fourth-order valence-corrected chi connectivity index (χ4v) is 3.49. The maximum Gasteiger partial charge on any atom is 0.266 e. The van der Waals surface area contributed by atoms with E-state index in [1.165, 1.54) is 20.2 Å². The van der Waals surface area contributed by atoms with Crippen LogP contribution in [0.2, 0.25) is 5.02 Å². The molecule has 0 unspecified atom stereocenters. The molecule has 21 heavy (non-hydrogen) atoms. The van der Waals surface area contributed by atoms with Gasteiger partial charge in [-0.1, -0.05) is 23.7 Å². The van der Waals surface area contributed by atoms with E-state index in [-0.39, 0.29) is 15.7 Å². The van der Waals surface area contributed by atoms with Crippen molar-refractivity contribution >= 4 is 27.4 Å². The van der Waals surface area contributed by atoms with Gasteiger partial charge in [0.2, 0.25) is 5.88 Å². The molecule has 7 heteroatoms. The van der Waals surface area contributed by atoms with E-state index in [1.54, 1.807) is 30.3 Å². The van der Waals surface area contributed by atoms with E-state index in [2.05, 4.69) is 4.98 Å². The Kier molecular flexibility index (Phi) is 4.39. The van der Waals surface area contributed by atoms with Crippen LogP contribution in [0.5, 0.6) is 5.88 Å². The SMILES string of the molecule is COc1cccc(N(C)S(=O)(=O)c2ccc(C)cc2Cl)n1. The van der Waals surface area contributed by atoms with Crippen LogP contribution in [-0.2, 0) is 10.0 Å². The topological polar surface area (TPSA) is 59.5 Å². The normalized spacial score (nSPS) is 11.2. The van der Waals surface area contributed by atoms with Gasteiger partial charge < -0.3 is 4.74 Å². The zero-order valence-corrected chi connectivity index (χ0v) is 13.4. The molecule has 1 heterocycles. The number of hydrogen-bond donors (Lipinski definition) is 0. The fourth-order valence-electron chi connectivity index (χ4n) is 1.78. The summed E-state index contributed by atoms with van der Waals surface area (Å²) in [5.41, 5.74) is 0.890. The van der Waals surface area contributed by atoms with Gasteiger partial charge in [-0.15, -0.1) is 0 Å². The predicted molar refractivity (Wildman–Crippen MR) is 82.6 cm³/mol. The smallest absolute Gasteiger partial charge is 0.266 e. The van der Waals surface area contributed by atoms with Gasteiger partial charge in [0, 0.05) is 13.1 Å². The van der Waals surface area contributed by atoms with E-state index in [1.807, 2.05) is 6.92 Å². The van der Waals surface area contributed by atoms with Crippen LogP contribution in [0.3, 0.4) is 0 Å². The van der Waals surface area contributed by atoms with Crippen LogP contribution in [0.4, 0.5) is 5.82 Å². The summed E-state index contributed by atoms with van der Waals surface area (Å²) < 4.78 is 31.3. The Bertz CT molecular complexity index is 763. The number of ether oxygens (including phenoxy) is 1. The van der Waals surface area contributed by atoms with E-state index in [0.717, 1.165) is 9.87 Å². The molecule has 2 rings (SSSR count). The molecule has 0 spiro atoms. The lowest BCUT2D eigenvalue weighted by Crippen LogP contribution is -2.27. The van der Waals surface area contributed by atoms with Crippen molar-refractivity contribution in [2.24, 2.45) is 0 Å². The molecular weight excluding hydrogens is 312 g/mol. The lowest BCUT2D eigenvalue weighted by molar-refractivity contribution is 0.398. The predicted octanol–water partition coefficient (Wildman–Crippen LogP) is 2.88. The molecule has 1 aromatic heterocycles. The summed E-state index contributed by atoms with van der Waals surface area (Å²) in [7, 11) is -0.888. The van der Waals surface area contributed by atoms with E-state index in [0.29, 0.717) is 5.88 Å². The molecule has 0 fully saturated rings. The van der Waals surface area contributed by atoms with Crippen molar-refractivity contribution in [2.45, 2.75) is 11.8 Å². The molecule has 0 atom stereocenters. The highest BCUT2D eigenvalue weighted by molar-refractivity contribution is 7.92. The number of sulfonamides is 1. The number of halogens is 1. The Hall–Kier alpha value is -1.79.